The van der Waals surface area contributed by atoms with Crippen molar-refractivity contribution in [1.29, 1.82) is 0 Å². The standard InChI is InChI=1S/C16H16O5/c1-10(2)14(17)19-12-7-5-6-11-13(12)20-16(21-15(11)18)8-3-4-9-16/h5-7H,1,3-4,8-9H2,2H3. The second kappa shape index (κ2) is 4.91. The van der Waals surface area contributed by atoms with Gasteiger partial charge in [-0.3, -0.25) is 0 Å². The van der Waals surface area contributed by atoms with E-state index >= 15 is 0 Å². The predicted molar refractivity (Wildman–Crippen MR) is 74.1 cm³/mol. The number of carbonyl (C=O) groups excluding carboxylic acids is 2. The van der Waals surface area contributed by atoms with Crippen molar-refractivity contribution in [2.75, 3.05) is 0 Å². The second-order valence-electron chi connectivity index (χ2n) is 5.41. The van der Waals surface area contributed by atoms with Gasteiger partial charge in [0.2, 0.25) is 0 Å². The molecule has 0 aromatic heterocycles. The highest BCUT2D eigenvalue weighted by Crippen LogP contribution is 2.45. The maximum absolute atomic E-state index is 12.2. The van der Waals surface area contributed by atoms with Crippen LogP contribution in [0.3, 0.4) is 0 Å². The van der Waals surface area contributed by atoms with Gasteiger partial charge in [0.15, 0.2) is 11.5 Å². The first kappa shape index (κ1) is 13.7. The van der Waals surface area contributed by atoms with Crippen molar-refractivity contribution < 1.29 is 23.8 Å². The lowest BCUT2D eigenvalue weighted by Gasteiger charge is -2.35. The van der Waals surface area contributed by atoms with Gasteiger partial charge in [-0.15, -0.1) is 0 Å². The Kier molecular flexibility index (Phi) is 3.20. The summed E-state index contributed by atoms with van der Waals surface area (Å²) in [5.41, 5.74) is 0.557. The fourth-order valence-corrected chi connectivity index (χ4v) is 2.60. The zero-order valence-corrected chi connectivity index (χ0v) is 11.8. The molecule has 1 fully saturated rings. The van der Waals surface area contributed by atoms with E-state index in [-0.39, 0.29) is 22.6 Å². The molecule has 110 valence electrons. The van der Waals surface area contributed by atoms with Crippen molar-refractivity contribution in [3.05, 3.63) is 35.9 Å². The molecule has 1 aromatic rings. The summed E-state index contributed by atoms with van der Waals surface area (Å²) in [6.45, 7) is 5.10. The molecule has 0 saturated heterocycles. The van der Waals surface area contributed by atoms with Crippen molar-refractivity contribution in [1.82, 2.24) is 0 Å². The van der Waals surface area contributed by atoms with Crippen LogP contribution in [-0.2, 0) is 9.53 Å². The number of rotatable bonds is 2. The number of hydrogen-bond donors (Lipinski definition) is 0. The van der Waals surface area contributed by atoms with E-state index in [1.54, 1.807) is 25.1 Å². The first-order valence-corrected chi connectivity index (χ1v) is 6.94. The summed E-state index contributed by atoms with van der Waals surface area (Å²) in [6.07, 6.45) is 3.19. The van der Waals surface area contributed by atoms with Gasteiger partial charge in [0.05, 0.1) is 0 Å². The minimum absolute atomic E-state index is 0.225. The quantitative estimate of drug-likeness (QED) is 0.475. The summed E-state index contributed by atoms with van der Waals surface area (Å²) in [5, 5.41) is 0. The van der Waals surface area contributed by atoms with Gasteiger partial charge in [0.25, 0.3) is 5.79 Å². The lowest BCUT2D eigenvalue weighted by molar-refractivity contribution is -0.151. The zero-order valence-electron chi connectivity index (χ0n) is 11.8. The largest absolute Gasteiger partial charge is 0.447 e. The molecule has 0 atom stereocenters. The van der Waals surface area contributed by atoms with E-state index in [1.165, 1.54) is 0 Å². The van der Waals surface area contributed by atoms with Gasteiger partial charge in [-0.2, -0.15) is 0 Å². The van der Waals surface area contributed by atoms with Crippen LogP contribution < -0.4 is 9.47 Å². The maximum Gasteiger partial charge on any atom is 0.345 e. The molecule has 5 heteroatoms. The number of ether oxygens (including phenoxy) is 3. The Hall–Kier alpha value is -2.30. The lowest BCUT2D eigenvalue weighted by atomic mass is 10.1. The smallest absolute Gasteiger partial charge is 0.345 e. The predicted octanol–water partition coefficient (Wildman–Crippen LogP) is 2.99. The highest BCUT2D eigenvalue weighted by atomic mass is 16.7. The summed E-state index contributed by atoms with van der Waals surface area (Å²) < 4.78 is 16.6. The Labute approximate surface area is 122 Å². The monoisotopic (exact) mass is 288 g/mol. The highest BCUT2D eigenvalue weighted by molar-refractivity contribution is 5.96. The third-order valence-corrected chi connectivity index (χ3v) is 3.68. The van der Waals surface area contributed by atoms with Gasteiger partial charge < -0.3 is 14.2 Å². The number of para-hydroxylation sites is 1. The van der Waals surface area contributed by atoms with E-state index in [2.05, 4.69) is 6.58 Å². The summed E-state index contributed by atoms with van der Waals surface area (Å²) in [6, 6.07) is 4.82. The molecule has 0 unspecified atom stereocenters. The second-order valence-corrected chi connectivity index (χ2v) is 5.41. The fourth-order valence-electron chi connectivity index (χ4n) is 2.60. The molecular formula is C16H16O5. The minimum Gasteiger partial charge on any atom is -0.447 e. The van der Waals surface area contributed by atoms with Crippen LogP contribution in [0, 0.1) is 0 Å². The molecule has 21 heavy (non-hydrogen) atoms. The van der Waals surface area contributed by atoms with E-state index in [0.717, 1.165) is 12.8 Å². The van der Waals surface area contributed by atoms with Crippen LogP contribution in [-0.4, -0.2) is 17.7 Å². The minimum atomic E-state index is -0.907. The van der Waals surface area contributed by atoms with Crippen molar-refractivity contribution in [3.8, 4) is 11.5 Å². The molecule has 1 aromatic carbocycles. The molecule has 1 saturated carbocycles. The third kappa shape index (κ3) is 2.39. The van der Waals surface area contributed by atoms with Crippen LogP contribution in [0.4, 0.5) is 0 Å². The van der Waals surface area contributed by atoms with Gasteiger partial charge >= 0.3 is 11.9 Å². The molecule has 0 amide bonds. The molecule has 1 heterocycles. The SMILES string of the molecule is C=C(C)C(=O)Oc1cccc2c1OC1(CCCC1)OC2=O. The Morgan fingerprint density at radius 3 is 2.67 bits per heavy atom. The van der Waals surface area contributed by atoms with Gasteiger partial charge in [0, 0.05) is 18.4 Å². The van der Waals surface area contributed by atoms with E-state index in [0.29, 0.717) is 12.8 Å². The van der Waals surface area contributed by atoms with Gasteiger partial charge in [0.1, 0.15) is 5.56 Å². The Morgan fingerprint density at radius 1 is 1.29 bits per heavy atom. The van der Waals surface area contributed by atoms with Gasteiger partial charge in [-0.05, 0) is 31.9 Å². The van der Waals surface area contributed by atoms with E-state index in [1.807, 2.05) is 0 Å². The number of hydrogen-bond acceptors (Lipinski definition) is 5. The lowest BCUT2D eigenvalue weighted by Crippen LogP contribution is -2.42. The van der Waals surface area contributed by atoms with Gasteiger partial charge in [-0.25, -0.2) is 9.59 Å². The summed E-state index contributed by atoms with van der Waals surface area (Å²) in [7, 11) is 0. The van der Waals surface area contributed by atoms with Crippen LogP contribution in [0.15, 0.2) is 30.4 Å². The van der Waals surface area contributed by atoms with Crippen LogP contribution in [0.1, 0.15) is 43.0 Å². The molecule has 1 aliphatic heterocycles. The maximum atomic E-state index is 12.2. The summed E-state index contributed by atoms with van der Waals surface area (Å²) >= 11 is 0. The Bertz CT molecular complexity index is 626. The molecule has 0 N–H and O–H groups in total. The molecule has 3 rings (SSSR count). The molecule has 1 aliphatic carbocycles. The average Bonchev–Trinajstić information content (AvgIpc) is 2.87. The summed E-state index contributed by atoms with van der Waals surface area (Å²) in [5.74, 6) is -1.39. The van der Waals surface area contributed by atoms with Crippen LogP contribution in [0.25, 0.3) is 0 Å². The number of esters is 2. The Balaban J connectivity index is 1.98. The number of carbonyl (C=O) groups is 2. The topological polar surface area (TPSA) is 61.8 Å². The zero-order chi connectivity index (χ0) is 15.0. The molecule has 0 radical (unpaired) electrons. The third-order valence-electron chi connectivity index (χ3n) is 3.68. The normalized spacial score (nSPS) is 18.6. The first-order chi connectivity index (χ1) is 10.0. The van der Waals surface area contributed by atoms with Crippen LogP contribution in [0.2, 0.25) is 0 Å². The Morgan fingerprint density at radius 2 is 2.00 bits per heavy atom. The van der Waals surface area contributed by atoms with Crippen molar-refractivity contribution in [2.45, 2.75) is 38.4 Å². The molecule has 0 bridgehead atoms. The van der Waals surface area contributed by atoms with E-state index in [4.69, 9.17) is 14.2 Å². The summed E-state index contributed by atoms with van der Waals surface area (Å²) in [4.78, 5) is 23.9. The average molecular weight is 288 g/mol. The first-order valence-electron chi connectivity index (χ1n) is 6.94. The molecule has 2 aliphatic rings. The number of fused-ring (bicyclic) bond motifs is 1. The van der Waals surface area contributed by atoms with Gasteiger partial charge in [-0.1, -0.05) is 12.6 Å². The molecule has 1 spiro atoms. The number of benzene rings is 1. The van der Waals surface area contributed by atoms with E-state index in [9.17, 15) is 9.59 Å². The van der Waals surface area contributed by atoms with Crippen molar-refractivity contribution in [3.63, 3.8) is 0 Å². The molecule has 5 nitrogen and oxygen atoms in total. The van der Waals surface area contributed by atoms with Crippen LogP contribution in [0.5, 0.6) is 11.5 Å². The van der Waals surface area contributed by atoms with Crippen molar-refractivity contribution in [2.24, 2.45) is 0 Å². The van der Waals surface area contributed by atoms with Crippen LogP contribution >= 0.6 is 0 Å². The highest BCUT2D eigenvalue weighted by Gasteiger charge is 2.45. The van der Waals surface area contributed by atoms with Crippen molar-refractivity contribution >= 4 is 11.9 Å². The fraction of sp³-hybridized carbons (Fsp3) is 0.375. The molecular weight excluding hydrogens is 272 g/mol. The van der Waals surface area contributed by atoms with E-state index < -0.39 is 17.7 Å².